The largest absolute Gasteiger partial charge is 0.356 e. The summed E-state index contributed by atoms with van der Waals surface area (Å²) in [6.07, 6.45) is 6.73. The van der Waals surface area contributed by atoms with Crippen molar-refractivity contribution in [1.82, 2.24) is 20.0 Å². The van der Waals surface area contributed by atoms with E-state index in [0.29, 0.717) is 5.41 Å². The van der Waals surface area contributed by atoms with Crippen LogP contribution in [0.15, 0.2) is 0 Å². The lowest BCUT2D eigenvalue weighted by Gasteiger charge is -2.52. The average Bonchev–Trinajstić information content (AvgIpc) is 2.66. The quantitative estimate of drug-likeness (QED) is 0.702. The lowest BCUT2D eigenvalue weighted by molar-refractivity contribution is -0.124. The van der Waals surface area contributed by atoms with E-state index in [-0.39, 0.29) is 13.3 Å². The molecule has 1 spiro atoms. The molecule has 1 amide bonds. The van der Waals surface area contributed by atoms with Gasteiger partial charge in [0.05, 0.1) is 0 Å². The Hall–Kier alpha value is -0.650. The number of carbonyl (C=O) groups excluding carboxylic acids is 1. The number of hydrogen-bond donors (Lipinski definition) is 1. The molecule has 0 aromatic rings. The second-order valence-electron chi connectivity index (χ2n) is 9.65. The molecule has 2 saturated heterocycles. The fourth-order valence-corrected chi connectivity index (χ4v) is 5.26. The minimum atomic E-state index is 0. The number of hydrogen-bond acceptors (Lipinski definition) is 4. The van der Waals surface area contributed by atoms with Gasteiger partial charge >= 0.3 is 0 Å². The Morgan fingerprint density at radius 1 is 1.00 bits per heavy atom. The summed E-state index contributed by atoms with van der Waals surface area (Å²) in [4.78, 5) is 19.6. The zero-order chi connectivity index (χ0) is 19.3. The molecule has 0 unspecified atom stereocenters. The summed E-state index contributed by atoms with van der Waals surface area (Å²) in [5.41, 5.74) is 0.611. The predicted octanol–water partition coefficient (Wildman–Crippen LogP) is 2.52. The van der Waals surface area contributed by atoms with E-state index >= 15 is 0 Å². The van der Waals surface area contributed by atoms with Crippen LogP contribution < -0.4 is 5.32 Å². The predicted molar refractivity (Wildman–Crippen MR) is 114 cm³/mol. The van der Waals surface area contributed by atoms with Crippen molar-refractivity contribution in [2.45, 2.75) is 52.9 Å². The van der Waals surface area contributed by atoms with Crippen LogP contribution in [0.5, 0.6) is 0 Å². The maximum atomic E-state index is 11.7. The molecule has 158 valence electrons. The number of nitrogens with zero attached hydrogens (tertiary/aromatic N) is 3. The van der Waals surface area contributed by atoms with E-state index in [1.54, 1.807) is 0 Å². The number of likely N-dealkylation sites (tertiary alicyclic amines) is 1. The van der Waals surface area contributed by atoms with E-state index in [0.717, 1.165) is 12.5 Å². The first-order valence-electron chi connectivity index (χ1n) is 11.4. The fourth-order valence-electron chi connectivity index (χ4n) is 5.26. The Balaban J connectivity index is 0.00000280. The Labute approximate surface area is 168 Å². The van der Waals surface area contributed by atoms with Crippen LogP contribution in [0.25, 0.3) is 0 Å². The molecule has 5 nitrogen and oxygen atoms in total. The van der Waals surface area contributed by atoms with Crippen LogP contribution in [0.2, 0.25) is 0 Å². The van der Waals surface area contributed by atoms with Gasteiger partial charge in [0.1, 0.15) is 0 Å². The molecule has 3 aliphatic rings. The fraction of sp³-hybridized carbons (Fsp3) is 0.955. The van der Waals surface area contributed by atoms with E-state index in [2.05, 4.69) is 26.9 Å². The van der Waals surface area contributed by atoms with Gasteiger partial charge in [-0.25, -0.2) is 0 Å². The molecule has 27 heavy (non-hydrogen) atoms. The zero-order valence-electron chi connectivity index (χ0n) is 18.0. The Morgan fingerprint density at radius 2 is 1.56 bits per heavy atom. The monoisotopic (exact) mass is 380 g/mol. The number of piperazine rings is 1. The second kappa shape index (κ2) is 9.71. The van der Waals surface area contributed by atoms with Crippen molar-refractivity contribution >= 4 is 5.91 Å². The van der Waals surface area contributed by atoms with Gasteiger partial charge in [0.2, 0.25) is 5.91 Å². The van der Waals surface area contributed by atoms with Crippen LogP contribution in [0.4, 0.5) is 0 Å². The first kappa shape index (κ1) is 21.1. The molecule has 0 aromatic carbocycles. The van der Waals surface area contributed by atoms with Crippen LogP contribution in [0.3, 0.4) is 0 Å². The standard InChI is InChI=1S/C22H42N4O.H2/c1-4-24-12-14-26(15-13-24)9-5-8-25-10-6-22(7-11-25)16-20(17-22)18-23-21(27)19(2)3;/h19-20H,4-18H2,1-3H3,(H,23,27);1H. The molecule has 0 radical (unpaired) electrons. The number of nitrogens with one attached hydrogen (secondary N) is 1. The van der Waals surface area contributed by atoms with Crippen molar-refractivity contribution in [1.29, 1.82) is 0 Å². The molecule has 2 aliphatic heterocycles. The van der Waals surface area contributed by atoms with Gasteiger partial charge < -0.3 is 20.0 Å². The number of rotatable bonds is 8. The first-order valence-corrected chi connectivity index (χ1v) is 11.4. The van der Waals surface area contributed by atoms with E-state index in [1.807, 2.05) is 13.8 Å². The minimum absolute atomic E-state index is 0. The molecule has 0 aromatic heterocycles. The smallest absolute Gasteiger partial charge is 0.222 e. The third-order valence-corrected chi connectivity index (χ3v) is 7.31. The van der Waals surface area contributed by atoms with Crippen molar-refractivity contribution in [3.8, 4) is 0 Å². The second-order valence-corrected chi connectivity index (χ2v) is 9.65. The maximum Gasteiger partial charge on any atom is 0.222 e. The molecular formula is C22H44N4O. The summed E-state index contributed by atoms with van der Waals surface area (Å²) in [6.45, 7) is 18.4. The number of carbonyl (C=O) groups is 1. The molecule has 1 N–H and O–H groups in total. The van der Waals surface area contributed by atoms with Gasteiger partial charge in [-0.3, -0.25) is 4.79 Å². The molecule has 2 heterocycles. The molecule has 5 heteroatoms. The van der Waals surface area contributed by atoms with E-state index in [9.17, 15) is 4.79 Å². The molecule has 3 rings (SSSR count). The first-order chi connectivity index (χ1) is 13.0. The highest BCUT2D eigenvalue weighted by Gasteiger charge is 2.45. The maximum absolute atomic E-state index is 11.7. The third kappa shape index (κ3) is 5.91. The van der Waals surface area contributed by atoms with Crippen LogP contribution in [0.1, 0.15) is 54.3 Å². The zero-order valence-corrected chi connectivity index (χ0v) is 18.0. The number of likely N-dealkylation sites (N-methyl/N-ethyl adjacent to an activating group) is 1. The van der Waals surface area contributed by atoms with Crippen molar-refractivity contribution < 1.29 is 6.22 Å². The van der Waals surface area contributed by atoms with Crippen LogP contribution >= 0.6 is 0 Å². The molecule has 1 saturated carbocycles. The summed E-state index contributed by atoms with van der Waals surface area (Å²) < 4.78 is 0. The number of amides is 1. The molecule has 0 bridgehead atoms. The summed E-state index contributed by atoms with van der Waals surface area (Å²) in [5.74, 6) is 1.04. The number of piperidine rings is 1. The van der Waals surface area contributed by atoms with Crippen molar-refractivity contribution in [2.24, 2.45) is 17.3 Å². The van der Waals surface area contributed by atoms with Gasteiger partial charge in [0.25, 0.3) is 0 Å². The highest BCUT2D eigenvalue weighted by molar-refractivity contribution is 5.77. The summed E-state index contributed by atoms with van der Waals surface area (Å²) in [7, 11) is 0. The molecular weight excluding hydrogens is 336 g/mol. The highest BCUT2D eigenvalue weighted by Crippen LogP contribution is 2.52. The topological polar surface area (TPSA) is 38.8 Å². The van der Waals surface area contributed by atoms with Gasteiger partial charge in [-0.05, 0) is 76.2 Å². The minimum Gasteiger partial charge on any atom is -0.356 e. The van der Waals surface area contributed by atoms with Crippen molar-refractivity contribution in [2.75, 3.05) is 65.4 Å². The third-order valence-electron chi connectivity index (χ3n) is 7.31. The van der Waals surface area contributed by atoms with Gasteiger partial charge in [0, 0.05) is 40.1 Å². The van der Waals surface area contributed by atoms with Gasteiger partial charge in [-0.15, -0.1) is 0 Å². The molecule has 1 aliphatic carbocycles. The van der Waals surface area contributed by atoms with E-state index in [1.165, 1.54) is 91.0 Å². The van der Waals surface area contributed by atoms with E-state index in [4.69, 9.17) is 0 Å². The Kier molecular flexibility index (Phi) is 7.57. The van der Waals surface area contributed by atoms with E-state index < -0.39 is 0 Å². The molecule has 0 atom stereocenters. The summed E-state index contributed by atoms with van der Waals surface area (Å²) >= 11 is 0. The van der Waals surface area contributed by atoms with Crippen LogP contribution in [0, 0.1) is 17.3 Å². The van der Waals surface area contributed by atoms with Crippen molar-refractivity contribution in [3.63, 3.8) is 0 Å². The SMILES string of the molecule is CCN1CCN(CCCN2CCC3(CC2)CC(CNC(=O)C(C)C)C3)CC1.[HH]. The van der Waals surface area contributed by atoms with Crippen LogP contribution in [-0.2, 0) is 4.79 Å². The lowest BCUT2D eigenvalue weighted by Crippen LogP contribution is -2.50. The summed E-state index contributed by atoms with van der Waals surface area (Å²) in [5, 5.41) is 3.12. The average molecular weight is 381 g/mol. The molecule has 3 fully saturated rings. The normalized spacial score (nSPS) is 25.0. The van der Waals surface area contributed by atoms with Crippen LogP contribution in [-0.4, -0.2) is 86.1 Å². The Bertz CT molecular complexity index is 463. The lowest BCUT2D eigenvalue weighted by atomic mass is 9.57. The Morgan fingerprint density at radius 3 is 2.11 bits per heavy atom. The van der Waals surface area contributed by atoms with Gasteiger partial charge in [-0.1, -0.05) is 20.8 Å². The van der Waals surface area contributed by atoms with Crippen molar-refractivity contribution in [3.05, 3.63) is 0 Å². The summed E-state index contributed by atoms with van der Waals surface area (Å²) in [6, 6.07) is 0. The highest BCUT2D eigenvalue weighted by atomic mass is 16.1. The van der Waals surface area contributed by atoms with Gasteiger partial charge in [-0.2, -0.15) is 0 Å². The van der Waals surface area contributed by atoms with Gasteiger partial charge in [0.15, 0.2) is 0 Å².